The average molecular weight is 214 g/mol. The molecular weight excluding hydrogens is 202 g/mol. The zero-order valence-corrected chi connectivity index (χ0v) is 8.60. The number of hydrogen-bond donors (Lipinski definition) is 1. The number of nitrogens with one attached hydrogen (secondary N) is 1. The van der Waals surface area contributed by atoms with E-state index < -0.39 is 6.61 Å². The van der Waals surface area contributed by atoms with Gasteiger partial charge in [-0.15, -0.1) is 0 Å². The molecule has 0 atom stereocenters. The molecule has 15 heavy (non-hydrogen) atoms. The predicted octanol–water partition coefficient (Wildman–Crippen LogP) is 1.90. The minimum atomic E-state index is -2.82. The van der Waals surface area contributed by atoms with Crippen LogP contribution < -0.4 is 10.1 Å². The van der Waals surface area contributed by atoms with E-state index in [0.29, 0.717) is 13.1 Å². The fraction of sp³-hybridized carbons (Fsp3) is 0.500. The second-order valence-corrected chi connectivity index (χ2v) is 3.57. The lowest BCUT2D eigenvalue weighted by Crippen LogP contribution is -2.08. The molecular formula is C10H12F2N2O. The Balaban J connectivity index is 2.47. The van der Waals surface area contributed by atoms with Crippen LogP contribution in [0.5, 0.6) is 5.88 Å². The number of nitrogens with zero attached hydrogens (tertiary/aromatic N) is 1. The molecule has 3 nitrogen and oxygen atoms in total. The van der Waals surface area contributed by atoms with E-state index in [1.165, 1.54) is 0 Å². The maximum absolute atomic E-state index is 12.1. The molecule has 1 aromatic rings. The van der Waals surface area contributed by atoms with Crippen molar-refractivity contribution in [3.8, 4) is 5.88 Å². The Morgan fingerprint density at radius 2 is 1.93 bits per heavy atom. The molecule has 0 aliphatic carbocycles. The lowest BCUT2D eigenvalue weighted by molar-refractivity contribution is -0.0535. The van der Waals surface area contributed by atoms with Crippen LogP contribution in [0.1, 0.15) is 22.4 Å². The van der Waals surface area contributed by atoms with Crippen molar-refractivity contribution in [1.29, 1.82) is 0 Å². The Bertz CT molecular complexity index is 393. The molecule has 0 unspecified atom stereocenters. The first-order valence-electron chi connectivity index (χ1n) is 4.74. The molecule has 0 saturated heterocycles. The first-order valence-corrected chi connectivity index (χ1v) is 4.74. The Labute approximate surface area is 86.5 Å². The van der Waals surface area contributed by atoms with Crippen molar-refractivity contribution >= 4 is 0 Å². The monoisotopic (exact) mass is 214 g/mol. The Morgan fingerprint density at radius 3 is 2.60 bits per heavy atom. The first-order chi connectivity index (χ1) is 7.09. The zero-order chi connectivity index (χ0) is 11.0. The van der Waals surface area contributed by atoms with Crippen molar-refractivity contribution in [1.82, 2.24) is 10.3 Å². The molecule has 0 fully saturated rings. The summed E-state index contributed by atoms with van der Waals surface area (Å²) in [5, 5.41) is 3.10. The van der Waals surface area contributed by atoms with Gasteiger partial charge in [-0.25, -0.2) is 4.98 Å². The SMILES string of the molecule is Cc1nc(OC(F)F)c2c(c1C)CNC2. The topological polar surface area (TPSA) is 34.1 Å². The summed E-state index contributed by atoms with van der Waals surface area (Å²) in [6, 6.07) is 0. The van der Waals surface area contributed by atoms with Gasteiger partial charge in [-0.2, -0.15) is 8.78 Å². The van der Waals surface area contributed by atoms with Crippen LogP contribution in [-0.2, 0) is 13.1 Å². The highest BCUT2D eigenvalue weighted by Crippen LogP contribution is 2.29. The van der Waals surface area contributed by atoms with E-state index in [2.05, 4.69) is 15.0 Å². The van der Waals surface area contributed by atoms with Crippen LogP contribution in [0.2, 0.25) is 0 Å². The van der Waals surface area contributed by atoms with Crippen LogP contribution >= 0.6 is 0 Å². The number of ether oxygens (including phenoxy) is 1. The Morgan fingerprint density at radius 1 is 1.27 bits per heavy atom. The minimum absolute atomic E-state index is 0.0631. The summed E-state index contributed by atoms with van der Waals surface area (Å²) in [6.45, 7) is 2.17. The molecule has 2 rings (SSSR count). The second kappa shape index (κ2) is 3.73. The summed E-state index contributed by atoms with van der Waals surface area (Å²) in [7, 11) is 0. The van der Waals surface area contributed by atoms with Gasteiger partial charge in [0.15, 0.2) is 0 Å². The van der Waals surface area contributed by atoms with Crippen LogP contribution in [0.4, 0.5) is 8.78 Å². The number of rotatable bonds is 2. The van der Waals surface area contributed by atoms with E-state index in [1.807, 2.05) is 6.92 Å². The summed E-state index contributed by atoms with van der Waals surface area (Å²) < 4.78 is 28.7. The number of alkyl halides is 2. The van der Waals surface area contributed by atoms with E-state index in [0.717, 1.165) is 22.4 Å². The number of fused-ring (bicyclic) bond motifs is 1. The lowest BCUT2D eigenvalue weighted by atomic mass is 10.1. The maximum Gasteiger partial charge on any atom is 0.388 e. The van der Waals surface area contributed by atoms with Gasteiger partial charge in [0.05, 0.1) is 0 Å². The van der Waals surface area contributed by atoms with Crippen LogP contribution in [0, 0.1) is 13.8 Å². The molecule has 0 saturated carbocycles. The van der Waals surface area contributed by atoms with Gasteiger partial charge >= 0.3 is 6.61 Å². The van der Waals surface area contributed by atoms with E-state index in [-0.39, 0.29) is 5.88 Å². The van der Waals surface area contributed by atoms with Gasteiger partial charge in [0.1, 0.15) is 0 Å². The molecule has 0 amide bonds. The Hall–Kier alpha value is -1.23. The van der Waals surface area contributed by atoms with E-state index >= 15 is 0 Å². The first kappa shape index (κ1) is 10.3. The molecule has 0 radical (unpaired) electrons. The second-order valence-electron chi connectivity index (χ2n) is 3.57. The van der Waals surface area contributed by atoms with Crippen molar-refractivity contribution in [2.24, 2.45) is 0 Å². The highest BCUT2D eigenvalue weighted by molar-refractivity contribution is 5.44. The molecule has 0 spiro atoms. The van der Waals surface area contributed by atoms with Crippen LogP contribution in [0.15, 0.2) is 0 Å². The molecule has 1 N–H and O–H groups in total. The summed E-state index contributed by atoms with van der Waals surface area (Å²) in [6.07, 6.45) is 0. The third-order valence-corrected chi connectivity index (χ3v) is 2.69. The fourth-order valence-corrected chi connectivity index (χ4v) is 1.79. The molecule has 1 aliphatic rings. The van der Waals surface area contributed by atoms with Gasteiger partial charge in [0, 0.05) is 24.3 Å². The summed E-state index contributed by atoms with van der Waals surface area (Å²) in [5.74, 6) is 0.0631. The third-order valence-electron chi connectivity index (χ3n) is 2.69. The lowest BCUT2D eigenvalue weighted by Gasteiger charge is -2.12. The molecule has 2 heterocycles. The molecule has 1 aliphatic heterocycles. The normalized spacial score (nSPS) is 14.5. The zero-order valence-electron chi connectivity index (χ0n) is 8.60. The van der Waals surface area contributed by atoms with Crippen LogP contribution in [0.3, 0.4) is 0 Å². The van der Waals surface area contributed by atoms with Gasteiger partial charge in [0.25, 0.3) is 0 Å². The molecule has 1 aromatic heterocycles. The highest BCUT2D eigenvalue weighted by atomic mass is 19.3. The number of aromatic nitrogens is 1. The Kier molecular flexibility index (Phi) is 2.56. The minimum Gasteiger partial charge on any atom is -0.417 e. The molecule has 82 valence electrons. The highest BCUT2D eigenvalue weighted by Gasteiger charge is 2.22. The summed E-state index contributed by atoms with van der Waals surface area (Å²) in [5.41, 5.74) is 3.60. The number of halogens is 2. The van der Waals surface area contributed by atoms with Crippen LogP contribution in [0.25, 0.3) is 0 Å². The molecule has 5 heteroatoms. The number of pyridine rings is 1. The van der Waals surface area contributed by atoms with Crippen molar-refractivity contribution < 1.29 is 13.5 Å². The predicted molar refractivity (Wildman–Crippen MR) is 50.9 cm³/mol. The van der Waals surface area contributed by atoms with E-state index in [9.17, 15) is 8.78 Å². The van der Waals surface area contributed by atoms with Crippen molar-refractivity contribution in [3.05, 3.63) is 22.4 Å². The maximum atomic E-state index is 12.1. The van der Waals surface area contributed by atoms with Gasteiger partial charge in [-0.1, -0.05) is 0 Å². The average Bonchev–Trinajstić information content (AvgIpc) is 2.61. The van der Waals surface area contributed by atoms with E-state index in [1.54, 1.807) is 6.92 Å². The number of aryl methyl sites for hydroxylation is 1. The summed E-state index contributed by atoms with van der Waals surface area (Å²) in [4.78, 5) is 4.04. The summed E-state index contributed by atoms with van der Waals surface area (Å²) >= 11 is 0. The van der Waals surface area contributed by atoms with Gasteiger partial charge in [-0.3, -0.25) is 0 Å². The molecule has 0 bridgehead atoms. The molecule has 0 aromatic carbocycles. The standard InChI is InChI=1S/C10H12F2N2O/c1-5-6(2)14-9(15-10(11)12)8-4-13-3-7(5)8/h10,13H,3-4H2,1-2H3. The number of hydrogen-bond acceptors (Lipinski definition) is 3. The van der Waals surface area contributed by atoms with Gasteiger partial charge < -0.3 is 10.1 Å². The van der Waals surface area contributed by atoms with E-state index in [4.69, 9.17) is 0 Å². The van der Waals surface area contributed by atoms with Crippen molar-refractivity contribution in [3.63, 3.8) is 0 Å². The van der Waals surface area contributed by atoms with Gasteiger partial charge in [-0.05, 0) is 25.0 Å². The third kappa shape index (κ3) is 1.79. The van der Waals surface area contributed by atoms with Crippen molar-refractivity contribution in [2.75, 3.05) is 0 Å². The van der Waals surface area contributed by atoms with Crippen LogP contribution in [-0.4, -0.2) is 11.6 Å². The smallest absolute Gasteiger partial charge is 0.388 e. The van der Waals surface area contributed by atoms with Gasteiger partial charge in [0.2, 0.25) is 5.88 Å². The fourth-order valence-electron chi connectivity index (χ4n) is 1.79. The quantitative estimate of drug-likeness (QED) is 0.816. The largest absolute Gasteiger partial charge is 0.417 e. The van der Waals surface area contributed by atoms with Crippen molar-refractivity contribution in [2.45, 2.75) is 33.5 Å².